The number of carbonyl (C=O) groups is 2. The van der Waals surface area contributed by atoms with E-state index in [-0.39, 0.29) is 31.3 Å². The zero-order chi connectivity index (χ0) is 12.0. The minimum absolute atomic E-state index is 0. The van der Waals surface area contributed by atoms with Crippen molar-refractivity contribution in [1.29, 1.82) is 0 Å². The molecule has 0 spiro atoms. The second kappa shape index (κ2) is 36.7. The summed E-state index contributed by atoms with van der Waals surface area (Å²) in [4.78, 5) is 19.8. The highest BCUT2D eigenvalue weighted by molar-refractivity contribution is 5.67. The lowest BCUT2D eigenvalue weighted by atomic mass is 10.2. The van der Waals surface area contributed by atoms with Crippen LogP contribution in [0.5, 0.6) is 0 Å². The quantitative estimate of drug-likeness (QED) is 0.368. The molecular formula is C10H27N3O4. The molecule has 0 heterocycles. The van der Waals surface area contributed by atoms with Gasteiger partial charge in [-0.05, 0) is 12.8 Å². The van der Waals surface area contributed by atoms with Gasteiger partial charge in [-0.15, -0.1) is 26.3 Å². The summed E-state index contributed by atoms with van der Waals surface area (Å²) in [5, 5.41) is 16.3. The van der Waals surface area contributed by atoms with Gasteiger partial charge in [-0.2, -0.15) is 0 Å². The predicted molar refractivity (Wildman–Crippen MR) is 71.3 cm³/mol. The number of carboxylic acids is 2. The molecule has 17 heavy (non-hydrogen) atoms. The molecular weight excluding hydrogens is 226 g/mol. The molecule has 0 aromatic rings. The number of hydrogen-bond donors (Lipinski definition) is 5. The van der Waals surface area contributed by atoms with E-state index in [1.807, 2.05) is 0 Å². The van der Waals surface area contributed by atoms with Crippen molar-refractivity contribution in [3.05, 3.63) is 26.3 Å². The second-order valence-corrected chi connectivity index (χ2v) is 1.99. The van der Waals surface area contributed by atoms with Gasteiger partial charge in [0.2, 0.25) is 0 Å². The Kier molecular flexibility index (Phi) is 78.1. The lowest BCUT2D eigenvalue weighted by Crippen LogP contribution is -1.97. The van der Waals surface area contributed by atoms with Gasteiger partial charge in [0.25, 0.3) is 0 Å². The molecule has 0 atom stereocenters. The third kappa shape index (κ3) is 77.0. The summed E-state index contributed by atoms with van der Waals surface area (Å²) in [6, 6.07) is 0. The Morgan fingerprint density at radius 2 is 0.882 bits per heavy atom. The van der Waals surface area contributed by atoms with Crippen molar-refractivity contribution in [2.75, 3.05) is 0 Å². The van der Waals surface area contributed by atoms with E-state index in [0.717, 1.165) is 0 Å². The van der Waals surface area contributed by atoms with Crippen LogP contribution in [-0.4, -0.2) is 22.2 Å². The van der Waals surface area contributed by atoms with Crippen LogP contribution in [0, 0.1) is 0 Å². The summed E-state index contributed by atoms with van der Waals surface area (Å²) >= 11 is 0. The molecule has 7 heteroatoms. The van der Waals surface area contributed by atoms with Crippen molar-refractivity contribution < 1.29 is 19.8 Å². The zero-order valence-electron chi connectivity index (χ0n) is 10.5. The molecule has 0 amide bonds. The lowest BCUT2D eigenvalue weighted by molar-refractivity contribution is -0.139. The Labute approximate surface area is 103 Å². The maximum Gasteiger partial charge on any atom is 0.303 e. The van der Waals surface area contributed by atoms with Gasteiger partial charge in [-0.1, -0.05) is 0 Å². The molecule has 106 valence electrons. The topological polar surface area (TPSA) is 180 Å². The summed E-state index contributed by atoms with van der Waals surface area (Å²) in [6.45, 7) is 12.0. The predicted octanol–water partition coefficient (Wildman–Crippen LogP) is 2.81. The van der Waals surface area contributed by atoms with Gasteiger partial charge < -0.3 is 28.7 Å². The first-order valence-corrected chi connectivity index (χ1v) is 4.06. The Morgan fingerprint density at radius 1 is 0.706 bits per heavy atom. The Bertz CT molecular complexity index is 148. The van der Waals surface area contributed by atoms with Crippen LogP contribution in [-0.2, 0) is 9.59 Å². The normalized spacial score (nSPS) is 5.88. The van der Waals surface area contributed by atoms with Crippen LogP contribution >= 0.6 is 0 Å². The van der Waals surface area contributed by atoms with Gasteiger partial charge >= 0.3 is 11.9 Å². The smallest absolute Gasteiger partial charge is 0.303 e. The maximum absolute atomic E-state index is 9.90. The SMILES string of the molecule is C=C.C=C.N.N.N.O=C(O)CCCCC(=O)O. The second-order valence-electron chi connectivity index (χ2n) is 1.99. The van der Waals surface area contributed by atoms with Crippen LogP contribution in [0.4, 0.5) is 0 Å². The van der Waals surface area contributed by atoms with Gasteiger partial charge in [-0.25, -0.2) is 0 Å². The molecule has 0 saturated carbocycles. The van der Waals surface area contributed by atoms with E-state index in [9.17, 15) is 9.59 Å². The van der Waals surface area contributed by atoms with Gasteiger partial charge in [0.05, 0.1) is 0 Å². The van der Waals surface area contributed by atoms with Gasteiger partial charge in [-0.3, -0.25) is 9.59 Å². The van der Waals surface area contributed by atoms with Crippen LogP contribution in [0.15, 0.2) is 26.3 Å². The molecule has 7 nitrogen and oxygen atoms in total. The largest absolute Gasteiger partial charge is 0.481 e. The minimum Gasteiger partial charge on any atom is -0.481 e. The number of aliphatic carboxylic acids is 2. The summed E-state index contributed by atoms with van der Waals surface area (Å²) in [5.74, 6) is -1.74. The molecule has 0 unspecified atom stereocenters. The van der Waals surface area contributed by atoms with E-state index < -0.39 is 11.9 Å². The highest BCUT2D eigenvalue weighted by atomic mass is 16.4. The molecule has 0 saturated heterocycles. The molecule has 11 N–H and O–H groups in total. The Morgan fingerprint density at radius 3 is 1.00 bits per heavy atom. The number of hydrogen-bond acceptors (Lipinski definition) is 5. The fourth-order valence-electron chi connectivity index (χ4n) is 0.552. The van der Waals surface area contributed by atoms with E-state index in [0.29, 0.717) is 12.8 Å². The van der Waals surface area contributed by atoms with Gasteiger partial charge in [0, 0.05) is 12.8 Å². The highest BCUT2D eigenvalue weighted by Crippen LogP contribution is 1.98. The van der Waals surface area contributed by atoms with Crippen molar-refractivity contribution in [2.45, 2.75) is 25.7 Å². The van der Waals surface area contributed by atoms with E-state index in [4.69, 9.17) is 10.2 Å². The van der Waals surface area contributed by atoms with Crippen LogP contribution in [0.3, 0.4) is 0 Å². The Hall–Kier alpha value is -1.70. The monoisotopic (exact) mass is 253 g/mol. The average molecular weight is 253 g/mol. The van der Waals surface area contributed by atoms with Crippen LogP contribution in [0.2, 0.25) is 0 Å². The van der Waals surface area contributed by atoms with Gasteiger partial charge in [0.15, 0.2) is 0 Å². The van der Waals surface area contributed by atoms with E-state index >= 15 is 0 Å². The molecule has 0 aromatic heterocycles. The number of rotatable bonds is 5. The first-order valence-electron chi connectivity index (χ1n) is 4.06. The fourth-order valence-corrected chi connectivity index (χ4v) is 0.552. The third-order valence-electron chi connectivity index (χ3n) is 1.03. The molecule has 0 rings (SSSR count). The van der Waals surface area contributed by atoms with Gasteiger partial charge in [0.1, 0.15) is 0 Å². The number of carboxylic acid groups (broad SMARTS) is 2. The summed E-state index contributed by atoms with van der Waals surface area (Å²) in [7, 11) is 0. The van der Waals surface area contributed by atoms with Crippen LogP contribution in [0.25, 0.3) is 0 Å². The molecule has 0 aromatic carbocycles. The molecule has 0 aliphatic carbocycles. The summed E-state index contributed by atoms with van der Waals surface area (Å²) < 4.78 is 0. The van der Waals surface area contributed by atoms with E-state index in [2.05, 4.69) is 26.3 Å². The first kappa shape index (κ1) is 36.2. The highest BCUT2D eigenvalue weighted by Gasteiger charge is 1.99. The third-order valence-corrected chi connectivity index (χ3v) is 1.03. The average Bonchev–Trinajstić information content (AvgIpc) is 2.18. The molecule has 0 bridgehead atoms. The van der Waals surface area contributed by atoms with Crippen molar-refractivity contribution >= 4 is 11.9 Å². The first-order chi connectivity index (χ1) is 6.63. The molecule has 0 aliphatic rings. The van der Waals surface area contributed by atoms with Crippen molar-refractivity contribution in [3.8, 4) is 0 Å². The number of unbranched alkanes of at least 4 members (excludes halogenated alkanes) is 1. The zero-order valence-corrected chi connectivity index (χ0v) is 10.5. The molecule has 0 radical (unpaired) electrons. The van der Waals surface area contributed by atoms with Crippen molar-refractivity contribution in [3.63, 3.8) is 0 Å². The van der Waals surface area contributed by atoms with Crippen LogP contribution < -0.4 is 18.5 Å². The molecule has 0 aliphatic heterocycles. The van der Waals surface area contributed by atoms with Crippen molar-refractivity contribution in [1.82, 2.24) is 18.5 Å². The summed E-state index contributed by atoms with van der Waals surface area (Å²) in [5.41, 5.74) is 0. The standard InChI is InChI=1S/C6H10O4.2C2H4.3H3N/c7-5(8)3-1-2-4-6(9)10;2*1-2;;;/h1-4H2,(H,7,8)(H,9,10);2*1-2H2;3*1H3. The maximum atomic E-state index is 9.90. The Balaban J connectivity index is -0.0000000390. The van der Waals surface area contributed by atoms with E-state index in [1.54, 1.807) is 0 Å². The van der Waals surface area contributed by atoms with E-state index in [1.165, 1.54) is 0 Å². The van der Waals surface area contributed by atoms with Crippen molar-refractivity contribution in [2.24, 2.45) is 0 Å². The lowest BCUT2D eigenvalue weighted by Gasteiger charge is -1.92. The van der Waals surface area contributed by atoms with Crippen LogP contribution in [0.1, 0.15) is 25.7 Å². The molecule has 0 fully saturated rings. The minimum atomic E-state index is -0.870. The summed E-state index contributed by atoms with van der Waals surface area (Å²) in [6.07, 6.45) is 1.02. The fraction of sp³-hybridized carbons (Fsp3) is 0.400.